The molecule has 5 nitrogen and oxygen atoms in total. The standard InChI is InChI=1S/C18H13F3N2O3S/c19-18(20,21)13-6-8-14(9-7-13)22-16(24)11-27(25,26)17-10-5-12-3-1-2-4-15(12)23-17/h1-10H,11H2,(H,22,24). The number of rotatable bonds is 4. The highest BCUT2D eigenvalue weighted by molar-refractivity contribution is 7.92. The number of alkyl halides is 3. The summed E-state index contributed by atoms with van der Waals surface area (Å²) in [5.74, 6) is -1.75. The van der Waals surface area contributed by atoms with Crippen molar-refractivity contribution >= 4 is 32.3 Å². The number of nitrogens with zero attached hydrogens (tertiary/aromatic N) is 1. The molecule has 2 aromatic carbocycles. The van der Waals surface area contributed by atoms with E-state index in [0.29, 0.717) is 5.52 Å². The average molecular weight is 394 g/mol. The summed E-state index contributed by atoms with van der Waals surface area (Å²) in [6, 6.07) is 13.5. The number of carbonyl (C=O) groups excluding carboxylic acids is 1. The van der Waals surface area contributed by atoms with Gasteiger partial charge in [-0.2, -0.15) is 13.2 Å². The van der Waals surface area contributed by atoms with Gasteiger partial charge >= 0.3 is 6.18 Å². The minimum absolute atomic E-state index is 0.0645. The molecule has 0 atom stereocenters. The number of pyridine rings is 1. The van der Waals surface area contributed by atoms with Gasteiger partial charge < -0.3 is 5.32 Å². The molecule has 0 bridgehead atoms. The van der Waals surface area contributed by atoms with Gasteiger partial charge in [-0.05, 0) is 42.5 Å². The molecule has 1 N–H and O–H groups in total. The number of aromatic nitrogens is 1. The molecule has 1 aromatic heterocycles. The van der Waals surface area contributed by atoms with Crippen molar-refractivity contribution in [1.29, 1.82) is 0 Å². The number of amides is 1. The van der Waals surface area contributed by atoms with Gasteiger partial charge in [-0.1, -0.05) is 18.2 Å². The van der Waals surface area contributed by atoms with Crippen molar-refractivity contribution in [2.24, 2.45) is 0 Å². The zero-order valence-corrected chi connectivity index (χ0v) is 14.5. The van der Waals surface area contributed by atoms with Crippen LogP contribution in [-0.2, 0) is 20.8 Å². The lowest BCUT2D eigenvalue weighted by Gasteiger charge is -2.09. The van der Waals surface area contributed by atoms with E-state index in [9.17, 15) is 26.4 Å². The van der Waals surface area contributed by atoms with E-state index in [0.717, 1.165) is 29.7 Å². The third kappa shape index (κ3) is 4.43. The Labute approximate surface area is 152 Å². The van der Waals surface area contributed by atoms with Crippen LogP contribution in [0.4, 0.5) is 18.9 Å². The number of sulfone groups is 1. The molecule has 0 saturated heterocycles. The van der Waals surface area contributed by atoms with Crippen LogP contribution in [0.15, 0.2) is 65.7 Å². The maximum atomic E-state index is 12.5. The SMILES string of the molecule is O=C(CS(=O)(=O)c1ccc2ccccc2n1)Nc1ccc(C(F)(F)F)cc1. The highest BCUT2D eigenvalue weighted by Crippen LogP contribution is 2.29. The second kappa shape index (κ2) is 6.99. The van der Waals surface area contributed by atoms with Crippen LogP contribution in [0.5, 0.6) is 0 Å². The lowest BCUT2D eigenvalue weighted by molar-refractivity contribution is -0.137. The highest BCUT2D eigenvalue weighted by Gasteiger charge is 2.30. The summed E-state index contributed by atoms with van der Waals surface area (Å²) in [5.41, 5.74) is -0.329. The van der Waals surface area contributed by atoms with Crippen molar-refractivity contribution in [3.63, 3.8) is 0 Å². The van der Waals surface area contributed by atoms with Crippen LogP contribution in [0.25, 0.3) is 10.9 Å². The fourth-order valence-corrected chi connectivity index (χ4v) is 3.48. The second-order valence-electron chi connectivity index (χ2n) is 5.72. The van der Waals surface area contributed by atoms with E-state index in [4.69, 9.17) is 0 Å². The molecule has 27 heavy (non-hydrogen) atoms. The van der Waals surface area contributed by atoms with Crippen molar-refractivity contribution in [2.45, 2.75) is 11.2 Å². The molecule has 140 valence electrons. The Morgan fingerprint density at radius 1 is 0.963 bits per heavy atom. The molecule has 0 radical (unpaired) electrons. The Morgan fingerprint density at radius 3 is 2.30 bits per heavy atom. The topological polar surface area (TPSA) is 76.1 Å². The largest absolute Gasteiger partial charge is 0.416 e. The Morgan fingerprint density at radius 2 is 1.63 bits per heavy atom. The number of para-hydroxylation sites is 1. The summed E-state index contributed by atoms with van der Waals surface area (Å²) in [7, 11) is -4.01. The van der Waals surface area contributed by atoms with Crippen LogP contribution in [-0.4, -0.2) is 25.1 Å². The minimum atomic E-state index is -4.49. The summed E-state index contributed by atoms with van der Waals surface area (Å²) in [6.07, 6.45) is -4.49. The van der Waals surface area contributed by atoms with Gasteiger partial charge in [0.2, 0.25) is 15.7 Å². The molecule has 0 unspecified atom stereocenters. The first-order chi connectivity index (χ1) is 12.6. The van der Waals surface area contributed by atoms with Gasteiger partial charge in [0.15, 0.2) is 5.03 Å². The van der Waals surface area contributed by atoms with Crippen LogP contribution >= 0.6 is 0 Å². The number of benzene rings is 2. The quantitative estimate of drug-likeness (QED) is 0.733. The number of nitrogens with one attached hydrogen (secondary N) is 1. The fraction of sp³-hybridized carbons (Fsp3) is 0.111. The highest BCUT2D eigenvalue weighted by atomic mass is 32.2. The smallest absolute Gasteiger partial charge is 0.325 e. The van der Waals surface area contributed by atoms with Crippen molar-refractivity contribution in [1.82, 2.24) is 4.98 Å². The number of anilines is 1. The monoisotopic (exact) mass is 394 g/mol. The number of hydrogen-bond acceptors (Lipinski definition) is 4. The molecule has 3 rings (SSSR count). The second-order valence-corrected chi connectivity index (χ2v) is 7.66. The van der Waals surface area contributed by atoms with E-state index in [1.165, 1.54) is 6.07 Å². The zero-order chi connectivity index (χ0) is 19.7. The maximum absolute atomic E-state index is 12.5. The van der Waals surface area contributed by atoms with Crippen LogP contribution < -0.4 is 5.32 Å². The molecule has 9 heteroatoms. The number of halogens is 3. The van der Waals surface area contributed by atoms with Crippen molar-refractivity contribution < 1.29 is 26.4 Å². The van der Waals surface area contributed by atoms with Gasteiger partial charge in [-0.3, -0.25) is 4.79 Å². The summed E-state index contributed by atoms with van der Waals surface area (Å²) in [4.78, 5) is 16.1. The Bertz CT molecular complexity index is 1090. The van der Waals surface area contributed by atoms with Gasteiger partial charge in [0, 0.05) is 11.1 Å². The third-order valence-electron chi connectivity index (χ3n) is 3.71. The normalized spacial score (nSPS) is 12.1. The predicted molar refractivity (Wildman–Crippen MR) is 93.9 cm³/mol. The molecule has 1 amide bonds. The van der Waals surface area contributed by atoms with E-state index in [1.54, 1.807) is 30.3 Å². The van der Waals surface area contributed by atoms with Crippen molar-refractivity contribution in [3.8, 4) is 0 Å². The molecule has 3 aromatic rings. The van der Waals surface area contributed by atoms with Crippen molar-refractivity contribution in [2.75, 3.05) is 11.1 Å². The summed E-state index contributed by atoms with van der Waals surface area (Å²) >= 11 is 0. The van der Waals surface area contributed by atoms with Gasteiger partial charge in [-0.25, -0.2) is 13.4 Å². The molecule has 0 spiro atoms. The molecular formula is C18H13F3N2O3S. The lowest BCUT2D eigenvalue weighted by Crippen LogP contribution is -2.23. The van der Waals surface area contributed by atoms with E-state index in [1.807, 2.05) is 0 Å². The average Bonchev–Trinajstić information content (AvgIpc) is 2.60. The van der Waals surface area contributed by atoms with Crippen molar-refractivity contribution in [3.05, 3.63) is 66.2 Å². The number of hydrogen-bond donors (Lipinski definition) is 1. The van der Waals surface area contributed by atoms with Crippen LogP contribution in [0.1, 0.15) is 5.56 Å². The summed E-state index contributed by atoms with van der Waals surface area (Å²) in [6.45, 7) is 0. The van der Waals surface area contributed by atoms with E-state index in [2.05, 4.69) is 10.3 Å². The number of carbonyl (C=O) groups is 1. The lowest BCUT2D eigenvalue weighted by atomic mass is 10.2. The minimum Gasteiger partial charge on any atom is -0.325 e. The molecule has 1 heterocycles. The van der Waals surface area contributed by atoms with E-state index >= 15 is 0 Å². The van der Waals surface area contributed by atoms with Crippen LogP contribution in [0.3, 0.4) is 0 Å². The fourth-order valence-electron chi connectivity index (χ4n) is 2.41. The molecule has 0 fully saturated rings. The molecular weight excluding hydrogens is 381 g/mol. The predicted octanol–water partition coefficient (Wildman–Crippen LogP) is 3.67. The number of fused-ring (bicyclic) bond motifs is 1. The third-order valence-corrected chi connectivity index (χ3v) is 5.22. The van der Waals surface area contributed by atoms with Gasteiger partial charge in [-0.15, -0.1) is 0 Å². The van der Waals surface area contributed by atoms with E-state index < -0.39 is 33.2 Å². The van der Waals surface area contributed by atoms with Gasteiger partial charge in [0.05, 0.1) is 11.1 Å². The van der Waals surface area contributed by atoms with Gasteiger partial charge in [0.25, 0.3) is 0 Å². The van der Waals surface area contributed by atoms with Crippen LogP contribution in [0.2, 0.25) is 0 Å². The Hall–Kier alpha value is -2.94. The Kier molecular flexibility index (Phi) is 4.88. The molecule has 0 aliphatic carbocycles. The summed E-state index contributed by atoms with van der Waals surface area (Å²) in [5, 5.41) is 2.78. The zero-order valence-electron chi connectivity index (χ0n) is 13.7. The molecule has 0 aliphatic rings. The first-order valence-corrected chi connectivity index (χ1v) is 9.36. The first-order valence-electron chi connectivity index (χ1n) is 7.71. The Balaban J connectivity index is 1.74. The van der Waals surface area contributed by atoms with Crippen LogP contribution in [0, 0.1) is 0 Å². The van der Waals surface area contributed by atoms with Gasteiger partial charge in [0.1, 0.15) is 5.75 Å². The van der Waals surface area contributed by atoms with E-state index in [-0.39, 0.29) is 10.7 Å². The summed E-state index contributed by atoms with van der Waals surface area (Å²) < 4.78 is 62.4. The maximum Gasteiger partial charge on any atom is 0.416 e. The molecule has 0 aliphatic heterocycles. The molecule has 0 saturated carbocycles. The first kappa shape index (κ1) is 18.8.